The summed E-state index contributed by atoms with van der Waals surface area (Å²) in [5, 5.41) is 4.66. The van der Waals surface area contributed by atoms with Crippen LogP contribution in [0.1, 0.15) is 28.5 Å². The van der Waals surface area contributed by atoms with Crippen molar-refractivity contribution >= 4 is 22.5 Å². The molecule has 2 aromatic carbocycles. The lowest BCUT2D eigenvalue weighted by Gasteiger charge is -2.20. The molecule has 0 aliphatic carbocycles. The first kappa shape index (κ1) is 19.7. The largest absolute Gasteiger partial charge is 0.383 e. The van der Waals surface area contributed by atoms with E-state index in [1.54, 1.807) is 12.3 Å². The van der Waals surface area contributed by atoms with Crippen LogP contribution < -0.4 is 5.32 Å². The van der Waals surface area contributed by atoms with E-state index in [1.807, 2.05) is 54.3 Å². The standard InChI is InChI=1S/C25H26N4O/c1-2-29(18-19-8-4-3-5-9-19)25(30)24-13-12-21(17-28-24)26-15-14-20-16-27-23-11-7-6-10-22(20)23/h3-13,16-17,26-27H,2,14-15,18H2,1H3. The number of carbonyl (C=O) groups excluding carboxylic acids is 1. The summed E-state index contributed by atoms with van der Waals surface area (Å²) in [4.78, 5) is 22.3. The van der Waals surface area contributed by atoms with Crippen LogP contribution in [0.25, 0.3) is 10.9 Å². The first-order valence-corrected chi connectivity index (χ1v) is 10.3. The highest BCUT2D eigenvalue weighted by atomic mass is 16.2. The molecule has 5 heteroatoms. The SMILES string of the molecule is CCN(Cc1ccccc1)C(=O)c1ccc(NCCc2c[nH]c3ccccc23)cn1. The predicted octanol–water partition coefficient (Wildman–Crippen LogP) is 4.88. The van der Waals surface area contributed by atoms with Gasteiger partial charge in [-0.1, -0.05) is 48.5 Å². The molecule has 0 unspecified atom stereocenters. The fourth-order valence-corrected chi connectivity index (χ4v) is 3.60. The third kappa shape index (κ3) is 4.51. The zero-order valence-electron chi connectivity index (χ0n) is 17.1. The Balaban J connectivity index is 1.34. The number of nitrogens with one attached hydrogen (secondary N) is 2. The quantitative estimate of drug-likeness (QED) is 0.445. The molecule has 0 aliphatic heterocycles. The smallest absolute Gasteiger partial charge is 0.272 e. The minimum absolute atomic E-state index is 0.0494. The molecular formula is C25H26N4O. The van der Waals surface area contributed by atoms with Crippen molar-refractivity contribution in [2.75, 3.05) is 18.4 Å². The van der Waals surface area contributed by atoms with Crippen molar-refractivity contribution in [3.05, 3.63) is 95.9 Å². The van der Waals surface area contributed by atoms with Crippen molar-refractivity contribution in [2.24, 2.45) is 0 Å². The highest BCUT2D eigenvalue weighted by molar-refractivity contribution is 5.92. The molecule has 0 atom stereocenters. The van der Waals surface area contributed by atoms with Crippen molar-refractivity contribution in [1.82, 2.24) is 14.9 Å². The van der Waals surface area contributed by atoms with Crippen LogP contribution in [0.15, 0.2) is 79.1 Å². The second-order valence-electron chi connectivity index (χ2n) is 7.27. The van der Waals surface area contributed by atoms with E-state index in [-0.39, 0.29) is 5.91 Å². The number of fused-ring (bicyclic) bond motifs is 1. The molecule has 0 aliphatic rings. The van der Waals surface area contributed by atoms with Crippen molar-refractivity contribution in [1.29, 1.82) is 0 Å². The van der Waals surface area contributed by atoms with Gasteiger partial charge in [-0.3, -0.25) is 4.79 Å². The van der Waals surface area contributed by atoms with Crippen LogP contribution >= 0.6 is 0 Å². The summed E-state index contributed by atoms with van der Waals surface area (Å²) in [5.41, 5.74) is 4.95. The van der Waals surface area contributed by atoms with Crippen molar-refractivity contribution in [3.8, 4) is 0 Å². The van der Waals surface area contributed by atoms with Gasteiger partial charge in [0.25, 0.3) is 5.91 Å². The van der Waals surface area contributed by atoms with Crippen LogP contribution in [0, 0.1) is 0 Å². The molecule has 2 N–H and O–H groups in total. The molecule has 0 radical (unpaired) electrons. The monoisotopic (exact) mass is 398 g/mol. The Morgan fingerprint density at radius 2 is 1.83 bits per heavy atom. The molecule has 152 valence electrons. The summed E-state index contributed by atoms with van der Waals surface area (Å²) < 4.78 is 0. The van der Waals surface area contributed by atoms with Crippen molar-refractivity contribution < 1.29 is 4.79 Å². The molecule has 0 fully saturated rings. The highest BCUT2D eigenvalue weighted by Crippen LogP contribution is 2.18. The van der Waals surface area contributed by atoms with E-state index in [0.29, 0.717) is 18.8 Å². The van der Waals surface area contributed by atoms with E-state index in [4.69, 9.17) is 0 Å². The van der Waals surface area contributed by atoms with Gasteiger partial charge in [-0.25, -0.2) is 4.98 Å². The summed E-state index contributed by atoms with van der Waals surface area (Å²) >= 11 is 0. The number of hydrogen-bond donors (Lipinski definition) is 2. The summed E-state index contributed by atoms with van der Waals surface area (Å²) in [6.45, 7) is 4.01. The average molecular weight is 399 g/mol. The zero-order valence-corrected chi connectivity index (χ0v) is 17.1. The van der Waals surface area contributed by atoms with Gasteiger partial charge < -0.3 is 15.2 Å². The Morgan fingerprint density at radius 3 is 2.60 bits per heavy atom. The number of aromatic amines is 1. The topological polar surface area (TPSA) is 61.0 Å². The Bertz CT molecular complexity index is 1100. The average Bonchev–Trinajstić information content (AvgIpc) is 3.21. The lowest BCUT2D eigenvalue weighted by molar-refractivity contribution is 0.0746. The molecule has 1 amide bonds. The molecular weight excluding hydrogens is 372 g/mol. The Hall–Kier alpha value is -3.60. The van der Waals surface area contributed by atoms with E-state index in [9.17, 15) is 4.79 Å². The molecule has 4 rings (SSSR count). The van der Waals surface area contributed by atoms with E-state index in [2.05, 4.69) is 39.7 Å². The Labute approximate surface area is 176 Å². The number of amides is 1. The maximum Gasteiger partial charge on any atom is 0.272 e. The summed E-state index contributed by atoms with van der Waals surface area (Å²) in [6, 6.07) is 22.1. The van der Waals surface area contributed by atoms with Crippen LogP contribution in [-0.4, -0.2) is 33.9 Å². The summed E-state index contributed by atoms with van der Waals surface area (Å²) in [5.74, 6) is -0.0494. The van der Waals surface area contributed by atoms with Gasteiger partial charge in [0.15, 0.2) is 0 Å². The predicted molar refractivity (Wildman–Crippen MR) is 122 cm³/mol. The number of anilines is 1. The minimum Gasteiger partial charge on any atom is -0.383 e. The van der Waals surface area contributed by atoms with Gasteiger partial charge in [-0.05, 0) is 42.7 Å². The number of nitrogens with zero attached hydrogens (tertiary/aromatic N) is 2. The maximum atomic E-state index is 12.8. The van der Waals surface area contributed by atoms with E-state index in [1.165, 1.54) is 10.9 Å². The first-order chi connectivity index (χ1) is 14.7. The Morgan fingerprint density at radius 1 is 1.03 bits per heavy atom. The first-order valence-electron chi connectivity index (χ1n) is 10.3. The third-order valence-corrected chi connectivity index (χ3v) is 5.27. The second kappa shape index (κ2) is 9.27. The number of hydrogen-bond acceptors (Lipinski definition) is 3. The van der Waals surface area contributed by atoms with Crippen LogP contribution in [0.5, 0.6) is 0 Å². The lowest BCUT2D eigenvalue weighted by atomic mass is 10.1. The van der Waals surface area contributed by atoms with Crippen LogP contribution in [0.3, 0.4) is 0 Å². The van der Waals surface area contributed by atoms with Gasteiger partial charge in [0.05, 0.1) is 11.9 Å². The second-order valence-corrected chi connectivity index (χ2v) is 7.27. The van der Waals surface area contributed by atoms with Crippen LogP contribution in [0.2, 0.25) is 0 Å². The highest BCUT2D eigenvalue weighted by Gasteiger charge is 2.15. The fourth-order valence-electron chi connectivity index (χ4n) is 3.60. The molecule has 2 heterocycles. The van der Waals surface area contributed by atoms with Gasteiger partial charge >= 0.3 is 0 Å². The van der Waals surface area contributed by atoms with E-state index < -0.39 is 0 Å². The number of carbonyl (C=O) groups is 1. The van der Waals surface area contributed by atoms with Gasteiger partial charge in [0.2, 0.25) is 0 Å². The number of H-pyrrole nitrogens is 1. The van der Waals surface area contributed by atoms with E-state index in [0.717, 1.165) is 29.7 Å². The van der Waals surface area contributed by atoms with Crippen molar-refractivity contribution in [3.63, 3.8) is 0 Å². The van der Waals surface area contributed by atoms with Gasteiger partial charge in [-0.15, -0.1) is 0 Å². The van der Waals surface area contributed by atoms with Gasteiger partial charge in [0, 0.05) is 36.7 Å². The molecule has 30 heavy (non-hydrogen) atoms. The molecule has 0 spiro atoms. The number of benzene rings is 2. The number of para-hydroxylation sites is 1. The summed E-state index contributed by atoms with van der Waals surface area (Å²) in [7, 11) is 0. The maximum absolute atomic E-state index is 12.8. The molecule has 5 nitrogen and oxygen atoms in total. The van der Waals surface area contributed by atoms with E-state index >= 15 is 0 Å². The summed E-state index contributed by atoms with van der Waals surface area (Å²) in [6.07, 6.45) is 4.71. The van der Waals surface area contributed by atoms with Crippen LogP contribution in [-0.2, 0) is 13.0 Å². The third-order valence-electron chi connectivity index (χ3n) is 5.27. The normalized spacial score (nSPS) is 10.8. The Kier molecular flexibility index (Phi) is 6.09. The minimum atomic E-state index is -0.0494. The number of aromatic nitrogens is 2. The van der Waals surface area contributed by atoms with Crippen LogP contribution in [0.4, 0.5) is 5.69 Å². The molecule has 4 aromatic rings. The zero-order chi connectivity index (χ0) is 20.8. The van der Waals surface area contributed by atoms with Gasteiger partial charge in [0.1, 0.15) is 5.69 Å². The fraction of sp³-hybridized carbons (Fsp3) is 0.200. The number of rotatable bonds is 8. The molecule has 2 aromatic heterocycles. The number of pyridine rings is 1. The molecule has 0 bridgehead atoms. The lowest BCUT2D eigenvalue weighted by Crippen LogP contribution is -2.30. The molecule has 0 saturated heterocycles. The van der Waals surface area contributed by atoms with Crippen molar-refractivity contribution in [2.45, 2.75) is 19.9 Å². The van der Waals surface area contributed by atoms with Gasteiger partial charge in [-0.2, -0.15) is 0 Å². The molecule has 0 saturated carbocycles.